The van der Waals surface area contributed by atoms with Crippen molar-refractivity contribution in [2.24, 2.45) is 5.41 Å². The Morgan fingerprint density at radius 1 is 1.10 bits per heavy atom. The van der Waals surface area contributed by atoms with Crippen molar-refractivity contribution in [2.45, 2.75) is 64.1 Å². The predicted molar refractivity (Wildman–Crippen MR) is 100 cm³/mol. The van der Waals surface area contributed by atoms with E-state index in [-0.39, 0.29) is 23.4 Å². The first kappa shape index (κ1) is 19.0. The minimum absolute atomic E-state index is 0.0958. The molecule has 1 unspecified atom stereocenters. The third-order valence-corrected chi connectivity index (χ3v) is 7.09. The van der Waals surface area contributed by atoms with Gasteiger partial charge in [-0.05, 0) is 45.2 Å². The maximum absolute atomic E-state index is 14.8. The number of piperidine rings is 1. The second kappa shape index (κ2) is 6.48. The van der Waals surface area contributed by atoms with Crippen molar-refractivity contribution in [2.75, 3.05) is 26.2 Å². The van der Waals surface area contributed by atoms with Crippen LogP contribution in [0.2, 0.25) is 0 Å². The number of rotatable bonds is 3. The summed E-state index contributed by atoms with van der Waals surface area (Å²) in [4.78, 5) is 30.5. The lowest BCUT2D eigenvalue weighted by Gasteiger charge is -2.42. The van der Waals surface area contributed by atoms with Gasteiger partial charge in [-0.3, -0.25) is 19.6 Å². The predicted octanol–water partition coefficient (Wildman–Crippen LogP) is 2.00. The Labute approximate surface area is 168 Å². The van der Waals surface area contributed by atoms with E-state index in [1.54, 1.807) is 4.90 Å². The Bertz CT molecular complexity index is 844. The van der Waals surface area contributed by atoms with Crippen LogP contribution in [0.3, 0.4) is 0 Å². The summed E-state index contributed by atoms with van der Waals surface area (Å²) in [5, 5.41) is 6.97. The molecular weight excluding hydrogens is 380 g/mol. The van der Waals surface area contributed by atoms with Crippen LogP contribution in [-0.4, -0.2) is 74.9 Å². The summed E-state index contributed by atoms with van der Waals surface area (Å²) >= 11 is 0. The third kappa shape index (κ3) is 3.14. The van der Waals surface area contributed by atoms with Gasteiger partial charge in [-0.15, -0.1) is 0 Å². The number of carbonyl (C=O) groups excluding carboxylic acids is 2. The fourth-order valence-corrected chi connectivity index (χ4v) is 5.00. The highest BCUT2D eigenvalue weighted by Gasteiger charge is 2.51. The number of carbonyl (C=O) groups is 2. The molecule has 2 amide bonds. The monoisotopic (exact) mass is 407 g/mol. The fourth-order valence-electron chi connectivity index (χ4n) is 5.00. The molecule has 1 atom stereocenters. The number of hydrogen-bond donors (Lipinski definition) is 1. The SMILES string of the molecule is CC1(C(=O)N2Cc3[nH]nc(C(=O)N4CCC(N5CCCC5)C(F)(F)C4)c3C2)CC1. The number of nitrogens with one attached hydrogen (secondary N) is 1. The summed E-state index contributed by atoms with van der Waals surface area (Å²) in [7, 11) is 0. The highest BCUT2D eigenvalue weighted by molar-refractivity contribution is 5.95. The van der Waals surface area contributed by atoms with Crippen molar-refractivity contribution in [1.29, 1.82) is 0 Å². The normalized spacial score (nSPS) is 27.9. The van der Waals surface area contributed by atoms with Gasteiger partial charge in [0.1, 0.15) is 0 Å². The number of hydrogen-bond acceptors (Lipinski definition) is 4. The number of H-pyrrole nitrogens is 1. The number of alkyl halides is 2. The van der Waals surface area contributed by atoms with Crippen molar-refractivity contribution < 1.29 is 18.4 Å². The number of halogens is 2. The van der Waals surface area contributed by atoms with E-state index in [1.807, 2.05) is 11.8 Å². The summed E-state index contributed by atoms with van der Waals surface area (Å²) in [6, 6.07) is -0.786. The van der Waals surface area contributed by atoms with E-state index in [0.29, 0.717) is 38.3 Å². The molecule has 1 aromatic heterocycles. The molecule has 1 N–H and O–H groups in total. The number of nitrogens with zero attached hydrogens (tertiary/aromatic N) is 4. The highest BCUT2D eigenvalue weighted by Crippen LogP contribution is 2.47. The van der Waals surface area contributed by atoms with Gasteiger partial charge < -0.3 is 9.80 Å². The smallest absolute Gasteiger partial charge is 0.280 e. The molecule has 1 saturated carbocycles. The summed E-state index contributed by atoms with van der Waals surface area (Å²) < 4.78 is 29.7. The molecule has 7 nitrogen and oxygen atoms in total. The molecule has 158 valence electrons. The first-order valence-electron chi connectivity index (χ1n) is 10.6. The van der Waals surface area contributed by atoms with Crippen molar-refractivity contribution in [3.05, 3.63) is 17.0 Å². The Morgan fingerprint density at radius 2 is 1.83 bits per heavy atom. The first-order valence-corrected chi connectivity index (χ1v) is 10.6. The molecule has 4 aliphatic rings. The van der Waals surface area contributed by atoms with Crippen molar-refractivity contribution in [1.82, 2.24) is 24.9 Å². The van der Waals surface area contributed by atoms with Gasteiger partial charge in [-0.25, -0.2) is 8.78 Å². The van der Waals surface area contributed by atoms with Crippen LogP contribution in [0.4, 0.5) is 8.78 Å². The quantitative estimate of drug-likeness (QED) is 0.832. The summed E-state index contributed by atoms with van der Waals surface area (Å²) in [6.45, 7) is 3.83. The number of fused-ring (bicyclic) bond motifs is 1. The van der Waals surface area contributed by atoms with E-state index >= 15 is 0 Å². The molecule has 2 saturated heterocycles. The average molecular weight is 407 g/mol. The molecule has 0 bridgehead atoms. The summed E-state index contributed by atoms with van der Waals surface area (Å²) in [5.74, 6) is -3.30. The van der Waals surface area contributed by atoms with Crippen molar-refractivity contribution in [3.63, 3.8) is 0 Å². The minimum Gasteiger partial charge on any atom is -0.332 e. The molecule has 29 heavy (non-hydrogen) atoms. The van der Waals surface area contributed by atoms with Gasteiger partial charge in [0.2, 0.25) is 5.91 Å². The van der Waals surface area contributed by atoms with Crippen LogP contribution >= 0.6 is 0 Å². The Morgan fingerprint density at radius 3 is 2.48 bits per heavy atom. The maximum atomic E-state index is 14.8. The van der Waals surface area contributed by atoms with Crippen molar-refractivity contribution >= 4 is 11.8 Å². The average Bonchev–Trinajstić information content (AvgIpc) is 3.10. The molecule has 0 radical (unpaired) electrons. The Kier molecular flexibility index (Phi) is 4.24. The number of amides is 2. The molecule has 5 rings (SSSR count). The number of aromatic amines is 1. The lowest BCUT2D eigenvalue weighted by atomic mass is 9.98. The zero-order chi connectivity index (χ0) is 20.4. The third-order valence-electron chi connectivity index (χ3n) is 7.09. The van der Waals surface area contributed by atoms with Crippen LogP contribution in [0.5, 0.6) is 0 Å². The zero-order valence-corrected chi connectivity index (χ0v) is 16.7. The lowest BCUT2D eigenvalue weighted by Crippen LogP contribution is -2.59. The lowest BCUT2D eigenvalue weighted by molar-refractivity contribution is -0.137. The van der Waals surface area contributed by atoms with Crippen LogP contribution in [0.25, 0.3) is 0 Å². The topological polar surface area (TPSA) is 72.5 Å². The molecular formula is C20H27F2N5O2. The van der Waals surface area contributed by atoms with Gasteiger partial charge >= 0.3 is 0 Å². The van der Waals surface area contributed by atoms with Gasteiger partial charge in [0.25, 0.3) is 11.8 Å². The van der Waals surface area contributed by atoms with Gasteiger partial charge in [0.15, 0.2) is 5.69 Å². The Hall–Kier alpha value is -2.03. The number of aromatic nitrogens is 2. The van der Waals surface area contributed by atoms with Gasteiger partial charge in [0.05, 0.1) is 31.4 Å². The Balaban J connectivity index is 1.29. The fraction of sp³-hybridized carbons (Fsp3) is 0.750. The molecule has 1 aromatic rings. The molecule has 1 aliphatic carbocycles. The molecule has 4 heterocycles. The molecule has 0 spiro atoms. The summed E-state index contributed by atoms with van der Waals surface area (Å²) in [5.41, 5.74) is 1.33. The molecule has 3 fully saturated rings. The zero-order valence-electron chi connectivity index (χ0n) is 16.7. The van der Waals surface area contributed by atoms with Crippen LogP contribution in [-0.2, 0) is 17.9 Å². The molecule has 3 aliphatic heterocycles. The van der Waals surface area contributed by atoms with E-state index < -0.39 is 24.4 Å². The van der Waals surface area contributed by atoms with Gasteiger partial charge in [0, 0.05) is 17.5 Å². The van der Waals surface area contributed by atoms with Gasteiger partial charge in [-0.1, -0.05) is 6.92 Å². The second-order valence-corrected chi connectivity index (χ2v) is 9.29. The van der Waals surface area contributed by atoms with Crippen LogP contribution in [0.1, 0.15) is 60.8 Å². The minimum atomic E-state index is -2.93. The van der Waals surface area contributed by atoms with Crippen molar-refractivity contribution in [3.8, 4) is 0 Å². The van der Waals surface area contributed by atoms with E-state index in [4.69, 9.17) is 0 Å². The summed E-state index contributed by atoms with van der Waals surface area (Å²) in [6.07, 6.45) is 3.98. The molecule has 9 heteroatoms. The van der Waals surface area contributed by atoms with E-state index in [1.165, 1.54) is 4.90 Å². The van der Waals surface area contributed by atoms with Crippen LogP contribution < -0.4 is 0 Å². The molecule has 0 aromatic carbocycles. The first-order chi connectivity index (χ1) is 13.8. The van der Waals surface area contributed by atoms with Crippen LogP contribution in [0, 0.1) is 5.41 Å². The highest BCUT2D eigenvalue weighted by atomic mass is 19.3. The van der Waals surface area contributed by atoms with Crippen LogP contribution in [0.15, 0.2) is 0 Å². The van der Waals surface area contributed by atoms with E-state index in [9.17, 15) is 18.4 Å². The van der Waals surface area contributed by atoms with E-state index in [0.717, 1.165) is 31.4 Å². The maximum Gasteiger partial charge on any atom is 0.280 e. The second-order valence-electron chi connectivity index (χ2n) is 9.29. The standard InChI is InChI=1S/C20H27F2N5O2/c1-19(5-6-19)18(29)27-10-13-14(11-27)23-24-16(13)17(28)26-9-4-15(20(21,22)12-26)25-7-2-3-8-25/h15H,2-12H2,1H3,(H,23,24). The van der Waals surface area contributed by atoms with Gasteiger partial charge in [-0.2, -0.15) is 5.10 Å². The van der Waals surface area contributed by atoms with E-state index in [2.05, 4.69) is 10.2 Å². The largest absolute Gasteiger partial charge is 0.332 e. The number of likely N-dealkylation sites (tertiary alicyclic amines) is 2.